The van der Waals surface area contributed by atoms with Crippen molar-refractivity contribution in [2.75, 3.05) is 0 Å². The Morgan fingerprint density at radius 1 is 1.26 bits per heavy atom. The van der Waals surface area contributed by atoms with Crippen LogP contribution in [0.1, 0.15) is 39.4 Å². The highest BCUT2D eigenvalue weighted by atomic mass is 35.5. The summed E-state index contributed by atoms with van der Waals surface area (Å²) in [6, 6.07) is 2.59. The second kappa shape index (κ2) is 5.08. The Bertz CT molecular complexity index is 603. The van der Waals surface area contributed by atoms with Crippen LogP contribution < -0.4 is 0 Å². The molecule has 0 saturated carbocycles. The minimum absolute atomic E-state index is 0.172. The van der Waals surface area contributed by atoms with Crippen LogP contribution in [0.5, 0.6) is 0 Å². The van der Waals surface area contributed by atoms with E-state index in [1.54, 1.807) is 4.57 Å². The molecule has 0 amide bonds. The minimum atomic E-state index is -0.857. The van der Waals surface area contributed by atoms with E-state index in [0.29, 0.717) is 11.3 Å². The number of aromatic nitrogens is 2. The van der Waals surface area contributed by atoms with Gasteiger partial charge in [-0.25, -0.2) is 13.8 Å². The summed E-state index contributed by atoms with van der Waals surface area (Å²) in [5.74, 6) is -0.961. The van der Waals surface area contributed by atoms with Crippen LogP contribution in [0.3, 0.4) is 0 Å². The van der Waals surface area contributed by atoms with Crippen LogP contribution in [0.2, 0.25) is 0 Å². The zero-order valence-electron chi connectivity index (χ0n) is 11.3. The van der Waals surface area contributed by atoms with Crippen molar-refractivity contribution < 1.29 is 8.78 Å². The van der Waals surface area contributed by atoms with Crippen molar-refractivity contribution >= 4 is 22.6 Å². The molecular weight excluding hydrogens is 270 g/mol. The van der Waals surface area contributed by atoms with Gasteiger partial charge in [0.25, 0.3) is 0 Å². The minimum Gasteiger partial charge on any atom is -0.319 e. The maximum Gasteiger partial charge on any atom is 0.184 e. The van der Waals surface area contributed by atoms with Crippen molar-refractivity contribution in [2.45, 2.75) is 45.0 Å². The third-order valence-electron chi connectivity index (χ3n) is 3.96. The third-order valence-corrected chi connectivity index (χ3v) is 4.20. The standard InChI is InChI=1S/C14H17ClF2N2/c1-4-14(3,5-2)19-11(8-15)18-10-7-6-9(16)12(17)13(10)19/h6-7H,4-5,8H2,1-3H3. The fourth-order valence-corrected chi connectivity index (χ4v) is 2.57. The van der Waals surface area contributed by atoms with E-state index in [2.05, 4.69) is 4.98 Å². The van der Waals surface area contributed by atoms with Crippen molar-refractivity contribution in [3.63, 3.8) is 0 Å². The van der Waals surface area contributed by atoms with Gasteiger partial charge in [-0.2, -0.15) is 0 Å². The second-order valence-electron chi connectivity index (χ2n) is 4.93. The number of nitrogens with zero attached hydrogens (tertiary/aromatic N) is 2. The van der Waals surface area contributed by atoms with Gasteiger partial charge in [-0.15, -0.1) is 11.6 Å². The Labute approximate surface area is 116 Å². The highest BCUT2D eigenvalue weighted by Gasteiger charge is 2.29. The monoisotopic (exact) mass is 286 g/mol. The molecular formula is C14H17ClF2N2. The van der Waals surface area contributed by atoms with E-state index in [-0.39, 0.29) is 16.9 Å². The fourth-order valence-electron chi connectivity index (χ4n) is 2.39. The van der Waals surface area contributed by atoms with Crippen LogP contribution in [0.15, 0.2) is 12.1 Å². The largest absolute Gasteiger partial charge is 0.319 e. The van der Waals surface area contributed by atoms with E-state index in [1.165, 1.54) is 6.07 Å². The first-order chi connectivity index (χ1) is 8.98. The maximum absolute atomic E-state index is 14.1. The molecule has 0 aliphatic rings. The van der Waals surface area contributed by atoms with E-state index in [1.807, 2.05) is 20.8 Å². The SMILES string of the molecule is CCC(C)(CC)n1c(CCl)nc2ccc(F)c(F)c21. The summed E-state index contributed by atoms with van der Waals surface area (Å²) in [6.45, 7) is 6.05. The molecule has 5 heteroatoms. The Balaban J connectivity index is 2.87. The van der Waals surface area contributed by atoms with Gasteiger partial charge in [-0.1, -0.05) is 13.8 Å². The molecule has 104 valence electrons. The number of fused-ring (bicyclic) bond motifs is 1. The molecule has 2 nitrogen and oxygen atoms in total. The number of hydrogen-bond donors (Lipinski definition) is 0. The first kappa shape index (κ1) is 14.3. The van der Waals surface area contributed by atoms with Gasteiger partial charge >= 0.3 is 0 Å². The predicted octanol–water partition coefficient (Wildman–Crippen LogP) is 4.59. The molecule has 1 heterocycles. The van der Waals surface area contributed by atoms with E-state index < -0.39 is 11.6 Å². The molecule has 1 aromatic heterocycles. The average molecular weight is 287 g/mol. The lowest BCUT2D eigenvalue weighted by Crippen LogP contribution is -2.30. The van der Waals surface area contributed by atoms with Gasteiger partial charge in [-0.3, -0.25) is 0 Å². The Hall–Kier alpha value is -1.16. The zero-order chi connectivity index (χ0) is 14.2. The van der Waals surface area contributed by atoms with Crippen LogP contribution in [0, 0.1) is 11.6 Å². The highest BCUT2D eigenvalue weighted by Crippen LogP contribution is 2.33. The van der Waals surface area contributed by atoms with Crippen molar-refractivity contribution in [2.24, 2.45) is 0 Å². The van der Waals surface area contributed by atoms with Crippen LogP contribution in [0.4, 0.5) is 8.78 Å². The number of halogens is 3. The number of alkyl halides is 1. The number of rotatable bonds is 4. The van der Waals surface area contributed by atoms with Gasteiger partial charge < -0.3 is 4.57 Å². The lowest BCUT2D eigenvalue weighted by Gasteiger charge is -2.31. The number of imidazole rings is 1. The summed E-state index contributed by atoms with van der Waals surface area (Å²) in [4.78, 5) is 4.32. The Morgan fingerprint density at radius 2 is 1.89 bits per heavy atom. The van der Waals surface area contributed by atoms with Gasteiger partial charge in [0, 0.05) is 5.54 Å². The molecule has 0 bridgehead atoms. The van der Waals surface area contributed by atoms with Crippen LogP contribution >= 0.6 is 11.6 Å². The first-order valence-corrected chi connectivity index (χ1v) is 6.93. The number of hydrogen-bond acceptors (Lipinski definition) is 1. The predicted molar refractivity (Wildman–Crippen MR) is 73.4 cm³/mol. The average Bonchev–Trinajstić information content (AvgIpc) is 2.82. The third kappa shape index (κ3) is 2.12. The van der Waals surface area contributed by atoms with E-state index in [4.69, 9.17) is 11.6 Å². The molecule has 0 N–H and O–H groups in total. The van der Waals surface area contributed by atoms with Crippen molar-refractivity contribution in [3.8, 4) is 0 Å². The molecule has 0 aliphatic carbocycles. The van der Waals surface area contributed by atoms with E-state index >= 15 is 0 Å². The summed E-state index contributed by atoms with van der Waals surface area (Å²) in [7, 11) is 0. The van der Waals surface area contributed by atoms with Gasteiger partial charge in [0.1, 0.15) is 11.3 Å². The highest BCUT2D eigenvalue weighted by molar-refractivity contribution is 6.16. The quantitative estimate of drug-likeness (QED) is 0.752. The zero-order valence-corrected chi connectivity index (χ0v) is 12.1. The maximum atomic E-state index is 14.1. The van der Waals surface area contributed by atoms with Crippen LogP contribution in [0.25, 0.3) is 11.0 Å². The topological polar surface area (TPSA) is 17.8 Å². The Morgan fingerprint density at radius 3 is 2.42 bits per heavy atom. The van der Waals surface area contributed by atoms with Gasteiger partial charge in [0.15, 0.2) is 11.6 Å². The van der Waals surface area contributed by atoms with Crippen molar-refractivity contribution in [1.82, 2.24) is 9.55 Å². The van der Waals surface area contributed by atoms with E-state index in [9.17, 15) is 8.78 Å². The molecule has 0 spiro atoms. The normalized spacial score (nSPS) is 12.3. The fraction of sp³-hybridized carbons (Fsp3) is 0.500. The second-order valence-corrected chi connectivity index (χ2v) is 5.20. The summed E-state index contributed by atoms with van der Waals surface area (Å²) < 4.78 is 29.4. The summed E-state index contributed by atoms with van der Waals surface area (Å²) in [5, 5.41) is 0. The molecule has 0 fully saturated rings. The van der Waals surface area contributed by atoms with Crippen LogP contribution in [-0.4, -0.2) is 9.55 Å². The van der Waals surface area contributed by atoms with Crippen LogP contribution in [-0.2, 0) is 11.4 Å². The molecule has 2 rings (SSSR count). The molecule has 0 unspecified atom stereocenters. The molecule has 19 heavy (non-hydrogen) atoms. The van der Waals surface area contributed by atoms with Gasteiger partial charge in [0.05, 0.1) is 11.4 Å². The summed E-state index contributed by atoms with van der Waals surface area (Å²) in [5.41, 5.74) is 0.331. The lowest BCUT2D eigenvalue weighted by atomic mass is 9.94. The van der Waals surface area contributed by atoms with Gasteiger partial charge in [-0.05, 0) is 31.9 Å². The van der Waals surface area contributed by atoms with Crippen molar-refractivity contribution in [1.29, 1.82) is 0 Å². The number of benzene rings is 1. The van der Waals surface area contributed by atoms with Gasteiger partial charge in [0.2, 0.25) is 0 Å². The summed E-state index contributed by atoms with van der Waals surface area (Å²) >= 11 is 5.92. The lowest BCUT2D eigenvalue weighted by molar-refractivity contribution is 0.293. The molecule has 0 radical (unpaired) electrons. The molecule has 0 atom stereocenters. The summed E-state index contributed by atoms with van der Waals surface area (Å²) in [6.07, 6.45) is 1.57. The molecule has 1 aromatic carbocycles. The van der Waals surface area contributed by atoms with E-state index in [0.717, 1.165) is 18.9 Å². The smallest absolute Gasteiger partial charge is 0.184 e. The Kier molecular flexibility index (Phi) is 3.81. The molecule has 2 aromatic rings. The molecule has 0 saturated heterocycles. The first-order valence-electron chi connectivity index (χ1n) is 6.40. The van der Waals surface area contributed by atoms with Crippen molar-refractivity contribution in [3.05, 3.63) is 29.6 Å². The molecule has 0 aliphatic heterocycles.